The van der Waals surface area contributed by atoms with Gasteiger partial charge < -0.3 is 9.47 Å². The third kappa shape index (κ3) is 3.45. The number of carbonyl (C=O) groups is 2. The molecule has 2 aromatic rings. The van der Waals surface area contributed by atoms with Crippen LogP contribution < -0.4 is 9.47 Å². The minimum Gasteiger partial charge on any atom is -0.478 e. The number of hydrogen-bond donors (Lipinski definition) is 0. The van der Waals surface area contributed by atoms with Gasteiger partial charge in [-0.15, -0.1) is 0 Å². The van der Waals surface area contributed by atoms with Gasteiger partial charge in [0, 0.05) is 11.1 Å². The van der Waals surface area contributed by atoms with Gasteiger partial charge in [0.2, 0.25) is 0 Å². The second-order valence-electron chi connectivity index (χ2n) is 5.89. The summed E-state index contributed by atoms with van der Waals surface area (Å²) in [5.74, 6) is 0.307. The molecule has 26 heavy (non-hydrogen) atoms. The van der Waals surface area contributed by atoms with Crippen LogP contribution in [0.4, 0.5) is 0 Å². The molecule has 136 valence electrons. The van der Waals surface area contributed by atoms with Crippen molar-refractivity contribution in [2.45, 2.75) is 36.7 Å². The third-order valence-electron chi connectivity index (χ3n) is 4.15. The van der Waals surface area contributed by atoms with Gasteiger partial charge in [-0.05, 0) is 56.8 Å². The lowest BCUT2D eigenvalue weighted by molar-refractivity contribution is 0.0971. The topological polar surface area (TPSA) is 52.6 Å². The highest BCUT2D eigenvalue weighted by Gasteiger charge is 2.35. The first kappa shape index (κ1) is 19.1. The number of alkyl halides is 2. The number of carbonyl (C=O) groups excluding carboxylic acids is 2. The van der Waals surface area contributed by atoms with Crippen LogP contribution >= 0.6 is 31.9 Å². The van der Waals surface area contributed by atoms with E-state index in [1.807, 2.05) is 13.8 Å². The van der Waals surface area contributed by atoms with Gasteiger partial charge in [0.1, 0.15) is 11.5 Å². The summed E-state index contributed by atoms with van der Waals surface area (Å²) < 4.78 is 11.7. The molecule has 0 saturated carbocycles. The summed E-state index contributed by atoms with van der Waals surface area (Å²) in [6.07, 6.45) is 1.43. The number of hydrogen-bond acceptors (Lipinski definition) is 4. The fraction of sp³-hybridized carbons (Fsp3) is 0.300. The molecule has 4 nitrogen and oxygen atoms in total. The van der Waals surface area contributed by atoms with Gasteiger partial charge in [0.05, 0.1) is 11.1 Å². The van der Waals surface area contributed by atoms with Crippen molar-refractivity contribution in [1.29, 1.82) is 0 Å². The Bertz CT molecular complexity index is 793. The molecule has 0 bridgehead atoms. The van der Waals surface area contributed by atoms with Gasteiger partial charge in [-0.3, -0.25) is 9.59 Å². The number of ether oxygens (including phenoxy) is 2. The van der Waals surface area contributed by atoms with Crippen molar-refractivity contribution < 1.29 is 19.1 Å². The molecule has 2 aromatic carbocycles. The second kappa shape index (κ2) is 7.92. The highest BCUT2D eigenvalue weighted by Crippen LogP contribution is 2.40. The van der Waals surface area contributed by atoms with Crippen LogP contribution in [-0.2, 0) is 0 Å². The molecule has 1 aliphatic rings. The molecular weight excluding hydrogens is 464 g/mol. The molecular formula is C20H18Br2O4. The fourth-order valence-corrected chi connectivity index (χ4v) is 3.21. The SMILES string of the molecule is CCC(Br)Oc1ccc(OC(Br)CC)c2c1C(=O)c1ccccc1C2=O. The van der Waals surface area contributed by atoms with E-state index in [0.717, 1.165) is 0 Å². The Kier molecular flexibility index (Phi) is 5.82. The summed E-state index contributed by atoms with van der Waals surface area (Å²) in [4.78, 5) is 26.3. The van der Waals surface area contributed by atoms with Crippen molar-refractivity contribution in [3.63, 3.8) is 0 Å². The van der Waals surface area contributed by atoms with Gasteiger partial charge in [0.15, 0.2) is 21.6 Å². The Balaban J connectivity index is 2.20. The standard InChI is InChI=1S/C20H18Br2O4/c1-3-15(21)25-13-9-10-14(26-16(22)4-2)18-17(13)19(23)11-7-5-6-8-12(11)20(18)24/h5-10,15-16H,3-4H2,1-2H3. The molecule has 0 heterocycles. The van der Waals surface area contributed by atoms with Gasteiger partial charge in [-0.25, -0.2) is 0 Å². The van der Waals surface area contributed by atoms with Crippen molar-refractivity contribution in [3.8, 4) is 11.5 Å². The summed E-state index contributed by atoms with van der Waals surface area (Å²) in [6, 6.07) is 10.2. The third-order valence-corrected chi connectivity index (χ3v) is 5.82. The predicted octanol–water partition coefficient (Wildman–Crippen LogP) is 5.48. The number of benzene rings is 2. The van der Waals surface area contributed by atoms with Crippen molar-refractivity contribution in [2.24, 2.45) is 0 Å². The van der Waals surface area contributed by atoms with Gasteiger partial charge >= 0.3 is 0 Å². The Hall–Kier alpha value is -1.66. The van der Waals surface area contributed by atoms with E-state index < -0.39 is 0 Å². The van der Waals surface area contributed by atoms with Crippen LogP contribution in [0, 0.1) is 0 Å². The van der Waals surface area contributed by atoms with Crippen molar-refractivity contribution in [2.75, 3.05) is 0 Å². The number of fused-ring (bicyclic) bond motifs is 2. The zero-order valence-electron chi connectivity index (χ0n) is 14.4. The molecule has 2 unspecified atom stereocenters. The number of rotatable bonds is 6. The van der Waals surface area contributed by atoms with Crippen LogP contribution in [-0.4, -0.2) is 21.6 Å². The monoisotopic (exact) mass is 480 g/mol. The smallest absolute Gasteiger partial charge is 0.198 e. The normalized spacial score (nSPS) is 15.1. The average molecular weight is 482 g/mol. The van der Waals surface area contributed by atoms with E-state index in [2.05, 4.69) is 31.9 Å². The average Bonchev–Trinajstić information content (AvgIpc) is 2.66. The van der Waals surface area contributed by atoms with Crippen LogP contribution in [0.3, 0.4) is 0 Å². The van der Waals surface area contributed by atoms with Crippen LogP contribution in [0.15, 0.2) is 36.4 Å². The van der Waals surface area contributed by atoms with Crippen LogP contribution in [0.2, 0.25) is 0 Å². The van der Waals surface area contributed by atoms with E-state index in [9.17, 15) is 9.59 Å². The maximum Gasteiger partial charge on any atom is 0.198 e. The molecule has 0 aliphatic heterocycles. The molecule has 3 rings (SSSR count). The Labute approximate surface area is 169 Å². The fourth-order valence-electron chi connectivity index (χ4n) is 2.80. The molecule has 0 aromatic heterocycles. The number of halogens is 2. The largest absolute Gasteiger partial charge is 0.478 e. The molecule has 0 amide bonds. The van der Waals surface area contributed by atoms with Crippen molar-refractivity contribution >= 4 is 43.4 Å². The molecule has 0 saturated heterocycles. The summed E-state index contributed by atoms with van der Waals surface area (Å²) >= 11 is 6.84. The van der Waals surface area contributed by atoms with Crippen LogP contribution in [0.5, 0.6) is 11.5 Å². The Morgan fingerprint density at radius 2 is 1.15 bits per heavy atom. The minimum atomic E-state index is -0.252. The summed E-state index contributed by atoms with van der Waals surface area (Å²) in [6.45, 7) is 3.92. The van der Waals surface area contributed by atoms with Gasteiger partial charge in [-0.1, -0.05) is 38.1 Å². The molecule has 0 spiro atoms. The summed E-state index contributed by atoms with van der Waals surface area (Å²) in [5.41, 5.74) is 1.31. The van der Waals surface area contributed by atoms with Crippen LogP contribution in [0.1, 0.15) is 58.5 Å². The van der Waals surface area contributed by atoms with E-state index in [1.165, 1.54) is 0 Å². The lowest BCUT2D eigenvalue weighted by atomic mass is 9.83. The van der Waals surface area contributed by atoms with E-state index in [1.54, 1.807) is 36.4 Å². The first-order valence-corrected chi connectivity index (χ1v) is 10.3. The summed E-state index contributed by atoms with van der Waals surface area (Å²) in [5, 5.41) is -0.504. The Morgan fingerprint density at radius 3 is 1.50 bits per heavy atom. The lowest BCUT2D eigenvalue weighted by Crippen LogP contribution is -2.24. The van der Waals surface area contributed by atoms with E-state index in [4.69, 9.17) is 9.47 Å². The zero-order valence-corrected chi connectivity index (χ0v) is 17.6. The molecule has 1 aliphatic carbocycles. The highest BCUT2D eigenvalue weighted by atomic mass is 79.9. The molecule has 0 fully saturated rings. The van der Waals surface area contributed by atoms with E-state index in [-0.39, 0.29) is 32.7 Å². The maximum atomic E-state index is 13.1. The maximum absolute atomic E-state index is 13.1. The summed E-state index contributed by atoms with van der Waals surface area (Å²) in [7, 11) is 0. The lowest BCUT2D eigenvalue weighted by Gasteiger charge is -2.24. The van der Waals surface area contributed by atoms with Gasteiger partial charge in [0.25, 0.3) is 0 Å². The molecule has 6 heteroatoms. The number of ketones is 2. The minimum absolute atomic E-state index is 0.228. The van der Waals surface area contributed by atoms with E-state index >= 15 is 0 Å². The first-order chi connectivity index (χ1) is 12.5. The van der Waals surface area contributed by atoms with E-state index in [0.29, 0.717) is 35.5 Å². The molecule has 0 radical (unpaired) electrons. The molecule has 0 N–H and O–H groups in total. The van der Waals surface area contributed by atoms with Crippen molar-refractivity contribution in [3.05, 3.63) is 58.7 Å². The predicted molar refractivity (Wildman–Crippen MR) is 107 cm³/mol. The zero-order chi connectivity index (χ0) is 18.8. The molecule has 2 atom stereocenters. The Morgan fingerprint density at radius 1 is 0.769 bits per heavy atom. The second-order valence-corrected chi connectivity index (χ2v) is 7.93. The van der Waals surface area contributed by atoms with Crippen LogP contribution in [0.25, 0.3) is 0 Å². The highest BCUT2D eigenvalue weighted by molar-refractivity contribution is 9.09. The van der Waals surface area contributed by atoms with Crippen molar-refractivity contribution in [1.82, 2.24) is 0 Å². The first-order valence-electron chi connectivity index (χ1n) is 8.44. The van der Waals surface area contributed by atoms with Gasteiger partial charge in [-0.2, -0.15) is 0 Å². The quantitative estimate of drug-likeness (QED) is 0.437.